The number of benzene rings is 2. The van der Waals surface area contributed by atoms with Crippen molar-refractivity contribution in [3.8, 4) is 5.75 Å². The van der Waals surface area contributed by atoms with Gasteiger partial charge in [0.15, 0.2) is 0 Å². The Bertz CT molecular complexity index is 1030. The van der Waals surface area contributed by atoms with E-state index in [1.54, 1.807) is 24.3 Å². The molecule has 1 saturated heterocycles. The molecule has 2 aromatic carbocycles. The number of hydrogen-bond donors (Lipinski definition) is 1. The van der Waals surface area contributed by atoms with Crippen molar-refractivity contribution in [3.05, 3.63) is 75.3 Å². The summed E-state index contributed by atoms with van der Waals surface area (Å²) in [5.41, 5.74) is 0.746. The molecule has 1 fully saturated rings. The summed E-state index contributed by atoms with van der Waals surface area (Å²) in [4.78, 5) is 37.6. The Morgan fingerprint density at radius 3 is 2.28 bits per heavy atom. The molecule has 32 heavy (non-hydrogen) atoms. The lowest BCUT2D eigenvalue weighted by Gasteiger charge is -2.25. The fraction of sp³-hybridized carbons (Fsp3) is 0.333. The van der Waals surface area contributed by atoms with Gasteiger partial charge < -0.3 is 14.7 Å². The quantitative estimate of drug-likeness (QED) is 0.201. The van der Waals surface area contributed by atoms with Crippen molar-refractivity contribution in [1.29, 1.82) is 0 Å². The summed E-state index contributed by atoms with van der Waals surface area (Å²) in [6, 6.07) is 11.6. The van der Waals surface area contributed by atoms with Gasteiger partial charge in [0.05, 0.1) is 23.1 Å². The summed E-state index contributed by atoms with van der Waals surface area (Å²) in [6.45, 7) is 4.95. The second kappa shape index (κ2) is 10.1. The summed E-state index contributed by atoms with van der Waals surface area (Å²) in [5, 5.41) is 21.9. The van der Waals surface area contributed by atoms with Gasteiger partial charge in [0, 0.05) is 24.2 Å². The van der Waals surface area contributed by atoms with Crippen LogP contribution in [0.3, 0.4) is 0 Å². The lowest BCUT2D eigenvalue weighted by Crippen LogP contribution is -2.30. The maximum Gasteiger partial charge on any atom is 0.295 e. The number of carbonyl (C=O) groups excluding carboxylic acids is 2. The minimum absolute atomic E-state index is 0.0258. The second-order valence-electron chi connectivity index (χ2n) is 7.57. The minimum Gasteiger partial charge on any atom is -0.507 e. The highest BCUT2D eigenvalue weighted by atomic mass is 16.6. The third-order valence-corrected chi connectivity index (χ3v) is 5.31. The van der Waals surface area contributed by atoms with Crippen molar-refractivity contribution < 1.29 is 24.4 Å². The lowest BCUT2D eigenvalue weighted by molar-refractivity contribution is -0.384. The van der Waals surface area contributed by atoms with Crippen LogP contribution in [0.2, 0.25) is 0 Å². The summed E-state index contributed by atoms with van der Waals surface area (Å²) in [5.74, 6) is -1.11. The van der Waals surface area contributed by atoms with E-state index >= 15 is 0 Å². The Morgan fingerprint density at radius 1 is 1.06 bits per heavy atom. The Hall–Kier alpha value is -3.68. The Kier molecular flexibility index (Phi) is 7.25. The molecular weight excluding hydrogens is 412 g/mol. The molecular formula is C24H26N2O6. The Balaban J connectivity index is 2.06. The number of aliphatic hydroxyl groups is 1. The number of nitro benzene ring substituents is 1. The molecule has 0 saturated carbocycles. The maximum absolute atomic E-state index is 12.9. The van der Waals surface area contributed by atoms with Crippen LogP contribution in [0.15, 0.2) is 54.1 Å². The van der Waals surface area contributed by atoms with Crippen molar-refractivity contribution in [2.75, 3.05) is 13.2 Å². The van der Waals surface area contributed by atoms with Gasteiger partial charge in [0.2, 0.25) is 0 Å². The normalized spacial score (nSPS) is 17.6. The number of ketones is 1. The molecule has 0 aromatic heterocycles. The molecule has 0 spiro atoms. The van der Waals surface area contributed by atoms with Crippen molar-refractivity contribution in [1.82, 2.24) is 4.90 Å². The average molecular weight is 438 g/mol. The first-order chi connectivity index (χ1) is 15.4. The third-order valence-electron chi connectivity index (χ3n) is 5.31. The van der Waals surface area contributed by atoms with Crippen molar-refractivity contribution in [3.63, 3.8) is 0 Å². The highest BCUT2D eigenvalue weighted by Crippen LogP contribution is 2.40. The number of unbranched alkanes of at least 4 members (excludes halogenated alkanes) is 1. The minimum atomic E-state index is -0.770. The highest BCUT2D eigenvalue weighted by Gasteiger charge is 2.45. The van der Waals surface area contributed by atoms with Gasteiger partial charge in [-0.05, 0) is 42.7 Å². The molecule has 1 atom stereocenters. The summed E-state index contributed by atoms with van der Waals surface area (Å²) in [7, 11) is 0. The number of ether oxygens (including phenoxy) is 1. The third kappa shape index (κ3) is 4.64. The predicted molar refractivity (Wildman–Crippen MR) is 119 cm³/mol. The number of non-ortho nitro benzene ring substituents is 1. The number of likely N-dealkylation sites (tertiary alicyclic amines) is 1. The van der Waals surface area contributed by atoms with Crippen LogP contribution in [0.5, 0.6) is 5.75 Å². The molecule has 1 heterocycles. The summed E-state index contributed by atoms with van der Waals surface area (Å²) in [6.07, 6.45) is 2.41. The first kappa shape index (κ1) is 23.0. The first-order valence-corrected chi connectivity index (χ1v) is 10.6. The molecule has 0 aliphatic carbocycles. The number of nitrogens with zero attached hydrogens (tertiary/aromatic N) is 2. The van der Waals surface area contributed by atoms with Crippen LogP contribution in [0.1, 0.15) is 50.3 Å². The fourth-order valence-corrected chi connectivity index (χ4v) is 3.65. The number of nitro groups is 1. The zero-order valence-corrected chi connectivity index (χ0v) is 18.1. The molecule has 0 bridgehead atoms. The molecule has 8 nitrogen and oxygen atoms in total. The molecule has 1 unspecified atom stereocenters. The fourth-order valence-electron chi connectivity index (χ4n) is 3.65. The van der Waals surface area contributed by atoms with Crippen LogP contribution < -0.4 is 4.74 Å². The monoisotopic (exact) mass is 438 g/mol. The molecule has 8 heteroatoms. The first-order valence-electron chi connectivity index (χ1n) is 10.6. The van der Waals surface area contributed by atoms with Crippen LogP contribution in [-0.4, -0.2) is 39.8 Å². The summed E-state index contributed by atoms with van der Waals surface area (Å²) >= 11 is 0. The molecule has 0 radical (unpaired) electrons. The van der Waals surface area contributed by atoms with Gasteiger partial charge in [0.1, 0.15) is 11.5 Å². The zero-order valence-electron chi connectivity index (χ0n) is 18.1. The van der Waals surface area contributed by atoms with Gasteiger partial charge in [-0.3, -0.25) is 19.7 Å². The average Bonchev–Trinajstić information content (AvgIpc) is 3.06. The lowest BCUT2D eigenvalue weighted by atomic mass is 9.95. The van der Waals surface area contributed by atoms with E-state index in [1.165, 1.54) is 29.2 Å². The molecule has 168 valence electrons. The number of Topliss-reactive ketones (excluding diaryl/α,β-unsaturated/α-hetero) is 1. The number of rotatable bonds is 9. The molecule has 1 aliphatic heterocycles. The van der Waals surface area contributed by atoms with Gasteiger partial charge in [-0.2, -0.15) is 0 Å². The van der Waals surface area contributed by atoms with Crippen LogP contribution in [0.25, 0.3) is 5.76 Å². The number of amides is 1. The SMILES string of the molecule is CCCCN1C(=O)C(=O)/C(=C(\O)c2ccc([N+](=O)[O-])cc2)C1c1ccc(OCCC)cc1. The van der Waals surface area contributed by atoms with E-state index in [2.05, 4.69) is 0 Å². The topological polar surface area (TPSA) is 110 Å². The molecule has 3 rings (SSSR count). The van der Waals surface area contributed by atoms with Crippen molar-refractivity contribution in [2.45, 2.75) is 39.2 Å². The Morgan fingerprint density at radius 2 is 1.72 bits per heavy atom. The largest absolute Gasteiger partial charge is 0.507 e. The van der Waals surface area contributed by atoms with Crippen LogP contribution in [0, 0.1) is 10.1 Å². The molecule has 2 aromatic rings. The van der Waals surface area contributed by atoms with Gasteiger partial charge in [0.25, 0.3) is 17.4 Å². The number of hydrogen-bond acceptors (Lipinski definition) is 6. The van der Waals surface area contributed by atoms with E-state index in [1.807, 2.05) is 13.8 Å². The molecule has 1 amide bonds. The summed E-state index contributed by atoms with van der Waals surface area (Å²) < 4.78 is 5.62. The standard InChI is InChI=1S/C24H26N2O6/c1-3-5-14-25-21(16-8-12-19(13-9-16)32-15-4-2)20(23(28)24(25)29)22(27)17-6-10-18(11-7-17)26(30)31/h6-13,21,27H,3-5,14-15H2,1-2H3/b22-20-. The van der Waals surface area contributed by atoms with Crippen LogP contribution in [0.4, 0.5) is 5.69 Å². The van der Waals surface area contributed by atoms with Gasteiger partial charge >= 0.3 is 0 Å². The van der Waals surface area contributed by atoms with E-state index in [4.69, 9.17) is 4.74 Å². The van der Waals surface area contributed by atoms with E-state index in [0.717, 1.165) is 12.8 Å². The van der Waals surface area contributed by atoms with Crippen molar-refractivity contribution >= 4 is 23.1 Å². The molecule has 1 aliphatic rings. The number of aliphatic hydroxyl groups excluding tert-OH is 1. The Labute approximate surface area is 186 Å². The zero-order chi connectivity index (χ0) is 23.3. The van der Waals surface area contributed by atoms with Crippen LogP contribution >= 0.6 is 0 Å². The number of carbonyl (C=O) groups is 2. The molecule has 1 N–H and O–H groups in total. The van der Waals surface area contributed by atoms with Gasteiger partial charge in [-0.15, -0.1) is 0 Å². The van der Waals surface area contributed by atoms with Gasteiger partial charge in [-0.25, -0.2) is 0 Å². The highest BCUT2D eigenvalue weighted by molar-refractivity contribution is 6.46. The van der Waals surface area contributed by atoms with Gasteiger partial charge in [-0.1, -0.05) is 32.4 Å². The van der Waals surface area contributed by atoms with Crippen molar-refractivity contribution in [2.24, 2.45) is 0 Å². The second-order valence-corrected chi connectivity index (χ2v) is 7.57. The van der Waals surface area contributed by atoms with Crippen LogP contribution in [-0.2, 0) is 9.59 Å². The van der Waals surface area contributed by atoms with E-state index in [9.17, 15) is 24.8 Å². The van der Waals surface area contributed by atoms with E-state index < -0.39 is 22.7 Å². The smallest absolute Gasteiger partial charge is 0.295 e. The van der Waals surface area contributed by atoms with E-state index in [-0.39, 0.29) is 22.6 Å². The van der Waals surface area contributed by atoms with E-state index in [0.29, 0.717) is 30.9 Å². The predicted octanol–water partition coefficient (Wildman–Crippen LogP) is 4.61. The maximum atomic E-state index is 12.9.